The van der Waals surface area contributed by atoms with Crippen LogP contribution in [0.5, 0.6) is 0 Å². The minimum atomic E-state index is 0.281. The van der Waals surface area contributed by atoms with E-state index in [0.717, 1.165) is 46.5 Å². The molecule has 2 aromatic carbocycles. The van der Waals surface area contributed by atoms with E-state index < -0.39 is 0 Å². The molecule has 5 heteroatoms. The Bertz CT molecular complexity index is 1270. The molecule has 3 aromatic rings. The molecule has 2 aliphatic rings. The third-order valence-electron chi connectivity index (χ3n) is 7.32. The van der Waals surface area contributed by atoms with E-state index in [0.29, 0.717) is 12.0 Å². The molecule has 2 heterocycles. The molecule has 0 spiro atoms. The Kier molecular flexibility index (Phi) is 5.07. The largest absolute Gasteiger partial charge is 0.260 e. The third kappa shape index (κ3) is 3.40. The first-order chi connectivity index (χ1) is 15.4. The molecule has 164 valence electrons. The smallest absolute Gasteiger partial charge is 0.155 e. The van der Waals surface area contributed by atoms with E-state index in [2.05, 4.69) is 81.0 Å². The summed E-state index contributed by atoms with van der Waals surface area (Å²) in [5, 5.41) is 8.63. The molecular formula is C27H31N5. The predicted octanol–water partition coefficient (Wildman–Crippen LogP) is 6.03. The molecule has 1 aliphatic carbocycles. The highest BCUT2D eigenvalue weighted by molar-refractivity contribution is 6.17. The van der Waals surface area contributed by atoms with E-state index >= 15 is 0 Å². The highest BCUT2D eigenvalue weighted by atomic mass is 15.4. The third-order valence-corrected chi connectivity index (χ3v) is 7.32. The maximum atomic E-state index is 4.89. The standard InChI is InChI=1S/C27H31N5/c1-6-27(7-2)14-18(5)22-12-20(8-9-21(22)15-27)26-28-16-24(29-26)19-10-11-25-23(13-19)30-31-32(25)17(3)4/h8-13,17H,5-7,14-16H2,1-4H3. The van der Waals surface area contributed by atoms with Crippen molar-refractivity contribution in [2.45, 2.75) is 59.4 Å². The molecule has 1 aromatic heterocycles. The molecule has 0 amide bonds. The average Bonchev–Trinajstić information content (AvgIpc) is 3.46. The van der Waals surface area contributed by atoms with Crippen molar-refractivity contribution in [1.82, 2.24) is 15.0 Å². The van der Waals surface area contributed by atoms with E-state index in [1.165, 1.54) is 29.5 Å². The number of allylic oxidation sites excluding steroid dienone is 1. The van der Waals surface area contributed by atoms with Crippen LogP contribution in [0.4, 0.5) is 0 Å². The van der Waals surface area contributed by atoms with Gasteiger partial charge in [-0.3, -0.25) is 4.99 Å². The first kappa shape index (κ1) is 20.8. The van der Waals surface area contributed by atoms with Crippen LogP contribution in [-0.4, -0.2) is 33.1 Å². The number of amidine groups is 1. The Morgan fingerprint density at radius 3 is 2.56 bits per heavy atom. The SMILES string of the molecule is C=C1CC(CC)(CC)Cc2ccc(C3=NCC(c4ccc5c(c4)nnn5C(C)C)=N3)cc21. The maximum absolute atomic E-state index is 4.89. The fourth-order valence-corrected chi connectivity index (χ4v) is 5.13. The summed E-state index contributed by atoms with van der Waals surface area (Å²) >= 11 is 0. The van der Waals surface area contributed by atoms with E-state index in [1.54, 1.807) is 0 Å². The van der Waals surface area contributed by atoms with Gasteiger partial charge in [-0.1, -0.05) is 43.8 Å². The summed E-state index contributed by atoms with van der Waals surface area (Å²) in [6.45, 7) is 13.9. The van der Waals surface area contributed by atoms with E-state index in [9.17, 15) is 0 Å². The molecule has 0 N–H and O–H groups in total. The van der Waals surface area contributed by atoms with Crippen LogP contribution in [-0.2, 0) is 6.42 Å². The molecule has 0 radical (unpaired) electrons. The van der Waals surface area contributed by atoms with Crippen molar-refractivity contribution in [3.8, 4) is 0 Å². The number of aliphatic imine (C=N–C) groups is 2. The summed E-state index contributed by atoms with van der Waals surface area (Å²) < 4.78 is 1.95. The second kappa shape index (κ2) is 7.80. The van der Waals surface area contributed by atoms with E-state index in [4.69, 9.17) is 9.98 Å². The van der Waals surface area contributed by atoms with Crippen LogP contribution in [0.2, 0.25) is 0 Å². The van der Waals surface area contributed by atoms with Gasteiger partial charge in [0.25, 0.3) is 0 Å². The fraction of sp³-hybridized carbons (Fsp3) is 0.407. The van der Waals surface area contributed by atoms with Crippen LogP contribution >= 0.6 is 0 Å². The van der Waals surface area contributed by atoms with E-state index in [1.807, 2.05) is 4.68 Å². The molecule has 0 bridgehead atoms. The van der Waals surface area contributed by atoms with Crippen LogP contribution in [0.15, 0.2) is 53.0 Å². The average molecular weight is 426 g/mol. The van der Waals surface area contributed by atoms with Crippen LogP contribution in [0, 0.1) is 5.41 Å². The summed E-state index contributed by atoms with van der Waals surface area (Å²) in [4.78, 5) is 9.65. The molecule has 0 saturated carbocycles. The zero-order valence-corrected chi connectivity index (χ0v) is 19.5. The maximum Gasteiger partial charge on any atom is 0.155 e. The predicted molar refractivity (Wildman–Crippen MR) is 133 cm³/mol. The van der Waals surface area contributed by atoms with Crippen LogP contribution < -0.4 is 0 Å². The summed E-state index contributed by atoms with van der Waals surface area (Å²) in [5.74, 6) is 0.810. The van der Waals surface area contributed by atoms with Gasteiger partial charge >= 0.3 is 0 Å². The van der Waals surface area contributed by atoms with Gasteiger partial charge in [-0.05, 0) is 79.8 Å². The number of hydrogen-bond acceptors (Lipinski definition) is 4. The molecule has 32 heavy (non-hydrogen) atoms. The minimum absolute atomic E-state index is 0.281. The second-order valence-corrected chi connectivity index (χ2v) is 9.57. The summed E-state index contributed by atoms with van der Waals surface area (Å²) in [5.41, 5.74) is 9.37. The van der Waals surface area contributed by atoms with Crippen LogP contribution in [0.25, 0.3) is 16.6 Å². The molecule has 0 atom stereocenters. The van der Waals surface area contributed by atoms with Crippen molar-refractivity contribution in [1.29, 1.82) is 0 Å². The number of fused-ring (bicyclic) bond motifs is 2. The Morgan fingerprint density at radius 2 is 1.81 bits per heavy atom. The van der Waals surface area contributed by atoms with Crippen LogP contribution in [0.1, 0.15) is 75.3 Å². The zero-order chi connectivity index (χ0) is 22.5. The van der Waals surface area contributed by atoms with Gasteiger partial charge in [-0.15, -0.1) is 5.10 Å². The monoisotopic (exact) mass is 425 g/mol. The lowest BCUT2D eigenvalue weighted by Crippen LogP contribution is -2.27. The van der Waals surface area contributed by atoms with Gasteiger partial charge in [0.1, 0.15) is 5.52 Å². The topological polar surface area (TPSA) is 55.4 Å². The highest BCUT2D eigenvalue weighted by Gasteiger charge is 2.33. The van der Waals surface area contributed by atoms with Gasteiger partial charge < -0.3 is 0 Å². The van der Waals surface area contributed by atoms with Crippen molar-refractivity contribution in [3.05, 3.63) is 65.2 Å². The van der Waals surface area contributed by atoms with Crippen molar-refractivity contribution in [2.75, 3.05) is 6.54 Å². The lowest BCUT2D eigenvalue weighted by molar-refractivity contribution is 0.261. The summed E-state index contributed by atoms with van der Waals surface area (Å²) in [7, 11) is 0. The van der Waals surface area contributed by atoms with Crippen molar-refractivity contribution in [3.63, 3.8) is 0 Å². The number of aromatic nitrogens is 3. The van der Waals surface area contributed by atoms with Gasteiger partial charge in [0.15, 0.2) is 5.84 Å². The lowest BCUT2D eigenvalue weighted by Gasteiger charge is -2.38. The normalized spacial score (nSPS) is 17.6. The highest BCUT2D eigenvalue weighted by Crippen LogP contribution is 2.45. The molecule has 0 fully saturated rings. The van der Waals surface area contributed by atoms with Crippen LogP contribution in [0.3, 0.4) is 0 Å². The lowest BCUT2D eigenvalue weighted by atomic mass is 9.67. The van der Waals surface area contributed by atoms with Crippen molar-refractivity contribution >= 4 is 28.2 Å². The Morgan fingerprint density at radius 1 is 1.03 bits per heavy atom. The van der Waals surface area contributed by atoms with Gasteiger partial charge in [0.2, 0.25) is 0 Å². The number of nitrogens with zero attached hydrogens (tertiary/aromatic N) is 5. The molecular weight excluding hydrogens is 394 g/mol. The molecule has 0 unspecified atom stereocenters. The second-order valence-electron chi connectivity index (χ2n) is 9.57. The molecule has 1 aliphatic heterocycles. The number of benzene rings is 2. The van der Waals surface area contributed by atoms with Gasteiger partial charge in [0.05, 0.1) is 17.8 Å². The fourth-order valence-electron chi connectivity index (χ4n) is 5.13. The van der Waals surface area contributed by atoms with Gasteiger partial charge in [0, 0.05) is 17.2 Å². The number of rotatable bonds is 5. The Labute approximate surface area is 190 Å². The van der Waals surface area contributed by atoms with E-state index in [-0.39, 0.29) is 6.04 Å². The van der Waals surface area contributed by atoms with Crippen molar-refractivity contribution in [2.24, 2.45) is 15.4 Å². The first-order valence-corrected chi connectivity index (χ1v) is 11.7. The molecule has 0 saturated heterocycles. The first-order valence-electron chi connectivity index (χ1n) is 11.7. The zero-order valence-electron chi connectivity index (χ0n) is 19.5. The van der Waals surface area contributed by atoms with Gasteiger partial charge in [-0.25, -0.2) is 9.67 Å². The minimum Gasteiger partial charge on any atom is -0.260 e. The quantitative estimate of drug-likeness (QED) is 0.501. The summed E-state index contributed by atoms with van der Waals surface area (Å²) in [6, 6.07) is 13.2. The molecule has 5 rings (SSSR count). The van der Waals surface area contributed by atoms with Gasteiger partial charge in [-0.2, -0.15) is 0 Å². The number of hydrogen-bond donors (Lipinski definition) is 0. The molecule has 5 nitrogen and oxygen atoms in total. The van der Waals surface area contributed by atoms with Crippen molar-refractivity contribution < 1.29 is 0 Å². The summed E-state index contributed by atoms with van der Waals surface area (Å²) in [6.07, 6.45) is 4.60. The Balaban J connectivity index is 1.43. The Hall–Kier alpha value is -3.08.